The van der Waals surface area contributed by atoms with E-state index in [4.69, 9.17) is 15.7 Å². The number of anilines is 1. The van der Waals surface area contributed by atoms with Crippen LogP contribution >= 0.6 is 11.3 Å². The van der Waals surface area contributed by atoms with E-state index in [2.05, 4.69) is 27.4 Å². The summed E-state index contributed by atoms with van der Waals surface area (Å²) in [6, 6.07) is 14.1. The largest absolute Gasteiger partial charge is 0.369 e. The highest BCUT2D eigenvalue weighted by Gasteiger charge is 2.28. The maximum absolute atomic E-state index is 11.9. The van der Waals surface area contributed by atoms with E-state index in [1.54, 1.807) is 23.7 Å². The van der Waals surface area contributed by atoms with E-state index in [9.17, 15) is 4.79 Å². The van der Waals surface area contributed by atoms with E-state index in [-0.39, 0.29) is 11.8 Å². The van der Waals surface area contributed by atoms with Crippen molar-refractivity contribution in [3.8, 4) is 22.5 Å². The lowest BCUT2D eigenvalue weighted by Crippen LogP contribution is -2.41. The van der Waals surface area contributed by atoms with Crippen molar-refractivity contribution in [3.63, 3.8) is 0 Å². The molecule has 0 saturated carbocycles. The first kappa shape index (κ1) is 18.7. The Labute approximate surface area is 178 Å². The first-order valence-corrected chi connectivity index (χ1v) is 10.9. The normalized spacial score (nSPS) is 16.7. The van der Waals surface area contributed by atoms with Crippen LogP contribution in [0, 0.1) is 5.92 Å². The summed E-state index contributed by atoms with van der Waals surface area (Å²) in [6.07, 6.45) is 5.25. The monoisotopic (exact) mass is 415 g/mol. The molecule has 0 spiro atoms. The fourth-order valence-corrected chi connectivity index (χ4v) is 4.95. The molecule has 0 aliphatic carbocycles. The molecule has 0 bridgehead atoms. The van der Waals surface area contributed by atoms with Crippen LogP contribution in [0.15, 0.2) is 60.2 Å². The van der Waals surface area contributed by atoms with Crippen molar-refractivity contribution in [2.75, 3.05) is 18.0 Å². The zero-order chi connectivity index (χ0) is 20.5. The van der Waals surface area contributed by atoms with Crippen molar-refractivity contribution in [2.45, 2.75) is 12.8 Å². The molecule has 150 valence electrons. The van der Waals surface area contributed by atoms with Gasteiger partial charge in [-0.3, -0.25) is 9.78 Å². The van der Waals surface area contributed by atoms with Crippen molar-refractivity contribution < 1.29 is 4.79 Å². The molecule has 1 saturated heterocycles. The van der Waals surface area contributed by atoms with Gasteiger partial charge < -0.3 is 10.6 Å². The molecule has 1 aliphatic rings. The SMILES string of the molecule is NC(=O)[C@@H]1CCCN(c2nc(-c3cccnc3)nc3scc(-c4ccccc4)c23)C1. The smallest absolute Gasteiger partial charge is 0.222 e. The zero-order valence-electron chi connectivity index (χ0n) is 16.4. The molecule has 30 heavy (non-hydrogen) atoms. The van der Waals surface area contributed by atoms with Gasteiger partial charge >= 0.3 is 0 Å². The average Bonchev–Trinajstić information content (AvgIpc) is 3.24. The molecule has 2 N–H and O–H groups in total. The third kappa shape index (κ3) is 3.41. The molecule has 4 heterocycles. The summed E-state index contributed by atoms with van der Waals surface area (Å²) < 4.78 is 0. The maximum Gasteiger partial charge on any atom is 0.222 e. The summed E-state index contributed by atoms with van der Waals surface area (Å²) in [5, 5.41) is 3.17. The number of hydrogen-bond donors (Lipinski definition) is 1. The van der Waals surface area contributed by atoms with Crippen LogP contribution in [0.2, 0.25) is 0 Å². The van der Waals surface area contributed by atoms with Crippen molar-refractivity contribution in [3.05, 3.63) is 60.2 Å². The molecule has 1 amide bonds. The number of carbonyl (C=O) groups excluding carboxylic acids is 1. The molecule has 1 aliphatic heterocycles. The Bertz CT molecular complexity index is 1190. The minimum Gasteiger partial charge on any atom is -0.369 e. The number of primary amides is 1. The van der Waals surface area contributed by atoms with Crippen molar-refractivity contribution >= 4 is 33.3 Å². The molecule has 3 aromatic heterocycles. The Hall–Kier alpha value is -3.32. The van der Waals surface area contributed by atoms with E-state index in [0.717, 1.165) is 52.1 Å². The standard InChI is InChI=1S/C23H21N5OS/c24-20(29)17-9-5-11-28(13-17)22-19-18(15-6-2-1-3-7-15)14-30-23(19)27-21(26-22)16-8-4-10-25-12-16/h1-4,6-8,10,12,14,17H,5,9,11,13H2,(H2,24,29)/t17-/m1/s1. The van der Waals surface area contributed by atoms with Crippen LogP contribution in [0.3, 0.4) is 0 Å². The predicted molar refractivity (Wildman–Crippen MR) is 120 cm³/mol. The Morgan fingerprint density at radius 2 is 1.93 bits per heavy atom. The molecule has 5 rings (SSSR count). The second kappa shape index (κ2) is 7.84. The fraction of sp³-hybridized carbons (Fsp3) is 0.217. The number of nitrogens with zero attached hydrogens (tertiary/aromatic N) is 4. The Kier molecular flexibility index (Phi) is 4.88. The second-order valence-corrected chi connectivity index (χ2v) is 8.35. The number of piperidine rings is 1. The summed E-state index contributed by atoms with van der Waals surface area (Å²) in [5.41, 5.74) is 8.76. The van der Waals surface area contributed by atoms with Crippen molar-refractivity contribution in [2.24, 2.45) is 11.7 Å². The van der Waals surface area contributed by atoms with E-state index >= 15 is 0 Å². The van der Waals surface area contributed by atoms with Gasteiger partial charge in [-0.15, -0.1) is 11.3 Å². The van der Waals surface area contributed by atoms with Gasteiger partial charge in [-0.1, -0.05) is 30.3 Å². The minimum atomic E-state index is -0.244. The van der Waals surface area contributed by atoms with Crippen LogP contribution in [0.5, 0.6) is 0 Å². The quantitative estimate of drug-likeness (QED) is 0.542. The van der Waals surface area contributed by atoms with Crippen LogP contribution in [0.25, 0.3) is 32.7 Å². The Morgan fingerprint density at radius 1 is 1.10 bits per heavy atom. The van der Waals surface area contributed by atoms with E-state index < -0.39 is 0 Å². The van der Waals surface area contributed by atoms with Crippen LogP contribution in [0.4, 0.5) is 5.82 Å². The number of thiophene rings is 1. The number of hydrogen-bond acceptors (Lipinski definition) is 6. The first-order chi connectivity index (χ1) is 14.7. The molecule has 1 aromatic carbocycles. The number of rotatable bonds is 4. The molecule has 1 atom stereocenters. The topological polar surface area (TPSA) is 85.0 Å². The van der Waals surface area contributed by atoms with E-state index in [1.165, 1.54) is 0 Å². The van der Waals surface area contributed by atoms with Gasteiger partial charge in [0.1, 0.15) is 10.6 Å². The zero-order valence-corrected chi connectivity index (χ0v) is 17.2. The van der Waals surface area contributed by atoms with Gasteiger partial charge in [-0.25, -0.2) is 9.97 Å². The second-order valence-electron chi connectivity index (χ2n) is 7.50. The van der Waals surface area contributed by atoms with Crippen LogP contribution in [-0.4, -0.2) is 33.9 Å². The molecule has 4 aromatic rings. The molecule has 1 fully saturated rings. The summed E-state index contributed by atoms with van der Waals surface area (Å²) in [4.78, 5) is 29.1. The number of benzene rings is 1. The lowest BCUT2D eigenvalue weighted by molar-refractivity contribution is -0.122. The Morgan fingerprint density at radius 3 is 2.70 bits per heavy atom. The van der Waals surface area contributed by atoms with Crippen molar-refractivity contribution in [1.29, 1.82) is 0 Å². The highest BCUT2D eigenvalue weighted by atomic mass is 32.1. The number of pyridine rings is 1. The number of aromatic nitrogens is 3. The average molecular weight is 416 g/mol. The molecular weight excluding hydrogens is 394 g/mol. The highest BCUT2D eigenvalue weighted by molar-refractivity contribution is 7.17. The van der Waals surface area contributed by atoms with E-state index in [0.29, 0.717) is 12.4 Å². The van der Waals surface area contributed by atoms with Gasteiger partial charge in [0.2, 0.25) is 5.91 Å². The third-order valence-corrected chi connectivity index (χ3v) is 6.41. The van der Waals surface area contributed by atoms with Gasteiger partial charge in [-0.2, -0.15) is 0 Å². The van der Waals surface area contributed by atoms with Crippen LogP contribution < -0.4 is 10.6 Å². The highest BCUT2D eigenvalue weighted by Crippen LogP contribution is 2.40. The van der Waals surface area contributed by atoms with Gasteiger partial charge in [0.25, 0.3) is 0 Å². The lowest BCUT2D eigenvalue weighted by atomic mass is 9.97. The summed E-state index contributed by atoms with van der Waals surface area (Å²) in [6.45, 7) is 1.42. The minimum absolute atomic E-state index is 0.163. The van der Waals surface area contributed by atoms with Gasteiger partial charge in [0, 0.05) is 42.0 Å². The van der Waals surface area contributed by atoms with Crippen LogP contribution in [0.1, 0.15) is 12.8 Å². The molecule has 0 radical (unpaired) electrons. The summed E-state index contributed by atoms with van der Waals surface area (Å²) in [7, 11) is 0. The number of carbonyl (C=O) groups is 1. The lowest BCUT2D eigenvalue weighted by Gasteiger charge is -2.32. The number of amides is 1. The Balaban J connectivity index is 1.70. The van der Waals surface area contributed by atoms with Crippen LogP contribution in [-0.2, 0) is 4.79 Å². The third-order valence-electron chi connectivity index (χ3n) is 5.54. The number of fused-ring (bicyclic) bond motifs is 1. The predicted octanol–water partition coefficient (Wildman–Crippen LogP) is 4.12. The van der Waals surface area contributed by atoms with Gasteiger partial charge in [-0.05, 0) is 30.5 Å². The first-order valence-electron chi connectivity index (χ1n) is 10.00. The molecular formula is C23H21N5OS. The molecule has 7 heteroatoms. The van der Waals surface area contributed by atoms with Gasteiger partial charge in [0.05, 0.1) is 11.3 Å². The number of nitrogens with two attached hydrogens (primary N) is 1. The van der Waals surface area contributed by atoms with E-state index in [1.807, 2.05) is 30.3 Å². The molecule has 0 unspecified atom stereocenters. The maximum atomic E-state index is 11.9. The fourth-order valence-electron chi connectivity index (χ4n) is 4.01. The van der Waals surface area contributed by atoms with Crippen molar-refractivity contribution in [1.82, 2.24) is 15.0 Å². The summed E-state index contributed by atoms with van der Waals surface area (Å²) in [5.74, 6) is 1.11. The van der Waals surface area contributed by atoms with Gasteiger partial charge in [0.15, 0.2) is 5.82 Å². The summed E-state index contributed by atoms with van der Waals surface area (Å²) >= 11 is 1.61. The molecule has 6 nitrogen and oxygen atoms in total.